The molecule has 2 aliphatic heterocycles. The summed E-state index contributed by atoms with van der Waals surface area (Å²) in [7, 11) is 1.66. The zero-order valence-corrected chi connectivity index (χ0v) is 16.4. The highest BCUT2D eigenvalue weighted by Gasteiger charge is 2.37. The fourth-order valence-electron chi connectivity index (χ4n) is 3.58. The summed E-state index contributed by atoms with van der Waals surface area (Å²) in [5, 5.41) is 16.6. The molecule has 150 valence electrons. The summed E-state index contributed by atoms with van der Waals surface area (Å²) >= 11 is 0. The number of hydrazone groups is 1. The maximum absolute atomic E-state index is 9.88. The number of hydrogen-bond donors (Lipinski definition) is 1. The van der Waals surface area contributed by atoms with Crippen molar-refractivity contribution < 1.29 is 14.6 Å². The minimum Gasteiger partial charge on any atom is -0.497 e. The summed E-state index contributed by atoms with van der Waals surface area (Å²) in [5.41, 5.74) is 3.30. The van der Waals surface area contributed by atoms with Crippen LogP contribution in [0.5, 0.6) is 5.75 Å². The van der Waals surface area contributed by atoms with Crippen LogP contribution >= 0.6 is 0 Å². The number of methoxy groups -OCH3 is 1. The van der Waals surface area contributed by atoms with Gasteiger partial charge in [0.15, 0.2) is 6.17 Å². The molecule has 2 heterocycles. The Bertz CT molecular complexity index is 907. The number of rotatable bonds is 8. The lowest BCUT2D eigenvalue weighted by Gasteiger charge is -2.25. The maximum atomic E-state index is 9.88. The molecule has 4 rings (SSSR count). The first kappa shape index (κ1) is 19.2. The molecule has 1 N–H and O–H groups in total. The van der Waals surface area contributed by atoms with Gasteiger partial charge in [-0.05, 0) is 29.3 Å². The first-order valence-electron chi connectivity index (χ1n) is 9.76. The molecule has 2 aromatic carbocycles. The molecule has 6 nitrogen and oxygen atoms in total. The first-order valence-corrected chi connectivity index (χ1v) is 9.76. The summed E-state index contributed by atoms with van der Waals surface area (Å²) in [5.74, 6) is 0.927. The van der Waals surface area contributed by atoms with Crippen LogP contribution in [0.3, 0.4) is 0 Å². The van der Waals surface area contributed by atoms with Crippen LogP contribution in [0.4, 0.5) is 0 Å². The third-order valence-corrected chi connectivity index (χ3v) is 5.10. The lowest BCUT2D eigenvalue weighted by molar-refractivity contribution is 0.127. The molecular formula is C23H25N3O3. The van der Waals surface area contributed by atoms with Crippen LogP contribution in [-0.4, -0.2) is 41.6 Å². The predicted molar refractivity (Wildman–Crippen MR) is 113 cm³/mol. The number of aliphatic hydroxyl groups is 1. The summed E-state index contributed by atoms with van der Waals surface area (Å²) in [6, 6.07) is 18.1. The van der Waals surface area contributed by atoms with Crippen LogP contribution in [0.2, 0.25) is 0 Å². The zero-order chi connectivity index (χ0) is 20.1. The van der Waals surface area contributed by atoms with E-state index in [0.29, 0.717) is 19.8 Å². The minimum atomic E-state index is -0.216. The smallest absolute Gasteiger partial charge is 0.207 e. The van der Waals surface area contributed by atoms with Crippen LogP contribution in [0.25, 0.3) is 0 Å². The molecule has 2 atom stereocenters. The van der Waals surface area contributed by atoms with Gasteiger partial charge in [0.25, 0.3) is 0 Å². The average molecular weight is 391 g/mol. The van der Waals surface area contributed by atoms with Crippen molar-refractivity contribution in [3.63, 3.8) is 0 Å². The molecule has 6 heteroatoms. The Morgan fingerprint density at radius 2 is 1.83 bits per heavy atom. The lowest BCUT2D eigenvalue weighted by Crippen LogP contribution is -2.33. The second kappa shape index (κ2) is 8.92. The van der Waals surface area contributed by atoms with Crippen molar-refractivity contribution in [1.82, 2.24) is 5.01 Å². The van der Waals surface area contributed by atoms with Crippen LogP contribution in [0, 0.1) is 5.92 Å². The van der Waals surface area contributed by atoms with Crippen molar-refractivity contribution in [3.05, 3.63) is 77.9 Å². The van der Waals surface area contributed by atoms with Gasteiger partial charge >= 0.3 is 0 Å². The summed E-state index contributed by atoms with van der Waals surface area (Å²) in [4.78, 5) is 4.41. The molecule has 0 spiro atoms. The van der Waals surface area contributed by atoms with Gasteiger partial charge in [-0.2, -0.15) is 5.10 Å². The number of dihydropyridines is 1. The fourth-order valence-corrected chi connectivity index (χ4v) is 3.58. The van der Waals surface area contributed by atoms with E-state index < -0.39 is 0 Å². The maximum Gasteiger partial charge on any atom is 0.207 e. The van der Waals surface area contributed by atoms with Gasteiger partial charge in [-0.15, -0.1) is 0 Å². The van der Waals surface area contributed by atoms with Crippen molar-refractivity contribution in [2.45, 2.75) is 25.7 Å². The predicted octanol–water partition coefficient (Wildman–Crippen LogP) is 3.94. The highest BCUT2D eigenvalue weighted by atomic mass is 16.5. The highest BCUT2D eigenvalue weighted by Crippen LogP contribution is 2.30. The molecule has 2 unspecified atom stereocenters. The van der Waals surface area contributed by atoms with Crippen LogP contribution in [0.1, 0.15) is 17.5 Å². The molecule has 2 aliphatic rings. The van der Waals surface area contributed by atoms with Crippen molar-refractivity contribution >= 4 is 11.6 Å². The summed E-state index contributed by atoms with van der Waals surface area (Å²) < 4.78 is 11.1. The van der Waals surface area contributed by atoms with Crippen molar-refractivity contribution in [3.8, 4) is 5.75 Å². The van der Waals surface area contributed by atoms with E-state index >= 15 is 0 Å². The van der Waals surface area contributed by atoms with E-state index in [0.717, 1.165) is 29.0 Å². The standard InChI is InChI=1S/C23H25N3O3/c1-28-19-9-7-17(8-10-19)15-26-23-20(11-12-22(27)24-23)21(25-26)13-14-29-16-18-5-3-2-4-6-18/h2-12,20,23H,13-16H2,1H3,(H,24,27). The second-order valence-corrected chi connectivity index (χ2v) is 7.11. The number of nitrogens with zero attached hydrogens (tertiary/aromatic N) is 3. The van der Waals surface area contributed by atoms with E-state index in [4.69, 9.17) is 14.6 Å². The topological polar surface area (TPSA) is 66.7 Å². The molecule has 0 amide bonds. The van der Waals surface area contributed by atoms with Gasteiger partial charge in [0.05, 0.1) is 38.5 Å². The van der Waals surface area contributed by atoms with Crippen molar-refractivity contribution in [2.24, 2.45) is 16.0 Å². The third-order valence-electron chi connectivity index (χ3n) is 5.10. The molecule has 0 saturated carbocycles. The zero-order valence-electron chi connectivity index (χ0n) is 16.4. The number of fused-ring (bicyclic) bond motifs is 1. The van der Waals surface area contributed by atoms with E-state index in [1.807, 2.05) is 53.5 Å². The van der Waals surface area contributed by atoms with E-state index in [2.05, 4.69) is 17.1 Å². The number of aliphatic hydroxyl groups excluding tert-OH is 1. The van der Waals surface area contributed by atoms with Crippen LogP contribution in [-0.2, 0) is 17.9 Å². The molecule has 0 saturated heterocycles. The van der Waals surface area contributed by atoms with E-state index in [1.54, 1.807) is 13.2 Å². The molecule has 0 aliphatic carbocycles. The van der Waals surface area contributed by atoms with Crippen LogP contribution in [0.15, 0.2) is 76.8 Å². The minimum absolute atomic E-state index is 0.0442. The van der Waals surface area contributed by atoms with Gasteiger partial charge in [0, 0.05) is 6.42 Å². The monoisotopic (exact) mass is 391 g/mol. The Kier molecular flexibility index (Phi) is 5.91. The van der Waals surface area contributed by atoms with Gasteiger partial charge in [0.1, 0.15) is 5.75 Å². The largest absolute Gasteiger partial charge is 0.497 e. The van der Waals surface area contributed by atoms with E-state index in [9.17, 15) is 5.11 Å². The molecule has 0 fully saturated rings. The van der Waals surface area contributed by atoms with E-state index in [1.165, 1.54) is 0 Å². The SMILES string of the molecule is COc1ccc(CN2N=C(CCOCc3ccccc3)C3C=CC(O)=NC32)cc1. The second-order valence-electron chi connectivity index (χ2n) is 7.11. The molecular weight excluding hydrogens is 366 g/mol. The normalized spacial score (nSPS) is 20.2. The highest BCUT2D eigenvalue weighted by molar-refractivity contribution is 5.94. The number of ether oxygens (including phenoxy) is 2. The van der Waals surface area contributed by atoms with E-state index in [-0.39, 0.29) is 18.0 Å². The van der Waals surface area contributed by atoms with Gasteiger partial charge in [-0.25, -0.2) is 4.99 Å². The summed E-state index contributed by atoms with van der Waals surface area (Å²) in [6.45, 7) is 1.80. The van der Waals surface area contributed by atoms with Gasteiger partial charge in [-0.3, -0.25) is 5.01 Å². The van der Waals surface area contributed by atoms with Crippen molar-refractivity contribution in [2.75, 3.05) is 13.7 Å². The number of benzene rings is 2. The molecule has 0 radical (unpaired) electrons. The first-order chi connectivity index (χ1) is 14.2. The van der Waals surface area contributed by atoms with Gasteiger partial charge in [0.2, 0.25) is 5.90 Å². The quantitative estimate of drug-likeness (QED) is 0.692. The number of hydrogen-bond acceptors (Lipinski definition) is 5. The van der Waals surface area contributed by atoms with Gasteiger partial charge < -0.3 is 14.6 Å². The third kappa shape index (κ3) is 4.66. The van der Waals surface area contributed by atoms with Crippen molar-refractivity contribution in [1.29, 1.82) is 0 Å². The Balaban J connectivity index is 1.40. The number of aliphatic imine (C=N–C) groups is 1. The molecule has 29 heavy (non-hydrogen) atoms. The Morgan fingerprint density at radius 1 is 1.03 bits per heavy atom. The lowest BCUT2D eigenvalue weighted by atomic mass is 9.96. The molecule has 2 aromatic rings. The Hall–Kier alpha value is -3.12. The van der Waals surface area contributed by atoms with Crippen LogP contribution < -0.4 is 4.74 Å². The van der Waals surface area contributed by atoms with Gasteiger partial charge in [-0.1, -0.05) is 48.5 Å². The average Bonchev–Trinajstić information content (AvgIpc) is 3.09. The fraction of sp³-hybridized carbons (Fsp3) is 0.304. The Labute approximate surface area is 170 Å². The summed E-state index contributed by atoms with van der Waals surface area (Å²) in [6.07, 6.45) is 4.15. The molecule has 0 aromatic heterocycles. The molecule has 0 bridgehead atoms. The Morgan fingerprint density at radius 3 is 2.59 bits per heavy atom.